The fourth-order valence-electron chi connectivity index (χ4n) is 4.12. The van der Waals surface area contributed by atoms with Crippen molar-refractivity contribution in [3.8, 4) is 6.07 Å². The smallest absolute Gasteiger partial charge is 0.307 e. The molecule has 29 heavy (non-hydrogen) atoms. The Labute approximate surface area is 168 Å². The van der Waals surface area contributed by atoms with Crippen molar-refractivity contribution >= 4 is 33.3 Å². The van der Waals surface area contributed by atoms with Crippen LogP contribution in [0.4, 0.5) is 5.69 Å². The molecule has 0 saturated heterocycles. The highest BCUT2D eigenvalue weighted by Gasteiger charge is 2.26. The van der Waals surface area contributed by atoms with Gasteiger partial charge in [-0.25, -0.2) is 4.57 Å². The Bertz CT molecular complexity index is 1390. The molecule has 5 heteroatoms. The van der Waals surface area contributed by atoms with Crippen molar-refractivity contribution in [3.63, 3.8) is 0 Å². The highest BCUT2D eigenvalue weighted by molar-refractivity contribution is 6.00. The minimum Gasteiger partial charge on any atom is -0.383 e. The van der Waals surface area contributed by atoms with Crippen molar-refractivity contribution in [1.82, 2.24) is 9.38 Å². The van der Waals surface area contributed by atoms with Crippen LogP contribution >= 0.6 is 0 Å². The second kappa shape index (κ2) is 6.92. The van der Waals surface area contributed by atoms with Crippen LogP contribution < -0.4 is 9.88 Å². The van der Waals surface area contributed by atoms with Crippen molar-refractivity contribution in [2.75, 3.05) is 11.9 Å². The van der Waals surface area contributed by atoms with Gasteiger partial charge in [-0.2, -0.15) is 9.66 Å². The molecule has 2 aromatic carbocycles. The number of fused-ring (bicyclic) bond motifs is 5. The van der Waals surface area contributed by atoms with Crippen molar-refractivity contribution in [2.45, 2.75) is 6.42 Å². The topological polar surface area (TPSA) is 57.0 Å². The molecule has 0 unspecified atom stereocenters. The third-order valence-electron chi connectivity index (χ3n) is 5.42. The van der Waals surface area contributed by atoms with Gasteiger partial charge in [-0.05, 0) is 36.4 Å². The van der Waals surface area contributed by atoms with Gasteiger partial charge >= 0.3 is 5.65 Å². The summed E-state index contributed by atoms with van der Waals surface area (Å²) < 4.78 is 4.29. The van der Waals surface area contributed by atoms with Gasteiger partial charge in [-0.1, -0.05) is 30.3 Å². The largest absolute Gasteiger partial charge is 0.383 e. The quantitative estimate of drug-likeness (QED) is 0.481. The third kappa shape index (κ3) is 2.69. The molecule has 0 atom stereocenters. The van der Waals surface area contributed by atoms with E-state index in [2.05, 4.69) is 49.6 Å². The fourth-order valence-corrected chi connectivity index (χ4v) is 4.12. The molecule has 140 valence electrons. The van der Waals surface area contributed by atoms with E-state index in [9.17, 15) is 5.26 Å². The van der Waals surface area contributed by atoms with E-state index in [1.165, 1.54) is 0 Å². The Hall–Kier alpha value is -3.91. The fraction of sp³-hybridized carbons (Fsp3) is 0.125. The molecule has 5 aromatic rings. The zero-order valence-corrected chi connectivity index (χ0v) is 16.1. The number of nitrogens with one attached hydrogen (secondary N) is 1. The number of para-hydroxylation sites is 3. The predicted octanol–water partition coefficient (Wildman–Crippen LogP) is 3.99. The van der Waals surface area contributed by atoms with E-state index in [0.717, 1.165) is 45.4 Å². The second-order valence-electron chi connectivity index (χ2n) is 7.08. The molecule has 0 fully saturated rings. The Morgan fingerprint density at radius 2 is 1.76 bits per heavy atom. The molecule has 0 saturated carbocycles. The highest BCUT2D eigenvalue weighted by atomic mass is 15.1. The number of nitriles is 1. The minimum atomic E-state index is 0.656. The number of aryl methyl sites for hydroxylation is 1. The summed E-state index contributed by atoms with van der Waals surface area (Å²) in [5.41, 5.74) is 6.74. The Morgan fingerprint density at radius 3 is 2.55 bits per heavy atom. The number of pyridine rings is 2. The maximum absolute atomic E-state index is 10.1. The van der Waals surface area contributed by atoms with Crippen LogP contribution in [0.3, 0.4) is 0 Å². The molecular weight excluding hydrogens is 358 g/mol. The van der Waals surface area contributed by atoms with Gasteiger partial charge in [0.05, 0.1) is 12.7 Å². The second-order valence-corrected chi connectivity index (χ2v) is 7.08. The Balaban J connectivity index is 1.73. The lowest BCUT2D eigenvalue weighted by atomic mass is 10.1. The van der Waals surface area contributed by atoms with Crippen LogP contribution in [0.15, 0.2) is 72.9 Å². The summed E-state index contributed by atoms with van der Waals surface area (Å²) in [5.74, 6) is 0. The van der Waals surface area contributed by atoms with E-state index in [1.807, 2.05) is 55.7 Å². The molecule has 0 aliphatic heterocycles. The SMILES string of the molecule is C[n+]1c2ccccc2n2c3ccccc3c(NCCc3ccccn3)c(C#N)c21. The van der Waals surface area contributed by atoms with Gasteiger partial charge in [-0.3, -0.25) is 4.98 Å². The van der Waals surface area contributed by atoms with Crippen LogP contribution in [0.25, 0.3) is 27.6 Å². The van der Waals surface area contributed by atoms with Gasteiger partial charge in [0, 0.05) is 30.2 Å². The number of rotatable bonds is 4. The number of nitrogens with zero attached hydrogens (tertiary/aromatic N) is 4. The number of hydrogen-bond donors (Lipinski definition) is 1. The lowest BCUT2D eigenvalue weighted by Crippen LogP contribution is -2.28. The van der Waals surface area contributed by atoms with Gasteiger partial charge in [0.1, 0.15) is 11.6 Å². The Morgan fingerprint density at radius 1 is 1.00 bits per heavy atom. The molecule has 5 rings (SSSR count). The first-order valence-electron chi connectivity index (χ1n) is 9.67. The molecular formula is C24H20N5+. The van der Waals surface area contributed by atoms with Crippen LogP contribution in [0.2, 0.25) is 0 Å². The van der Waals surface area contributed by atoms with Crippen molar-refractivity contribution in [2.24, 2.45) is 7.05 Å². The number of anilines is 1. The lowest BCUT2D eigenvalue weighted by Gasteiger charge is -2.11. The number of aromatic nitrogens is 3. The molecule has 0 aliphatic rings. The van der Waals surface area contributed by atoms with E-state index >= 15 is 0 Å². The highest BCUT2D eigenvalue weighted by Crippen LogP contribution is 2.32. The summed E-state index contributed by atoms with van der Waals surface area (Å²) in [5, 5.41) is 14.7. The molecule has 0 amide bonds. The minimum absolute atomic E-state index is 0.656. The summed E-state index contributed by atoms with van der Waals surface area (Å²) in [6, 6.07) is 24.9. The summed E-state index contributed by atoms with van der Waals surface area (Å²) in [7, 11) is 2.02. The zero-order chi connectivity index (χ0) is 19.8. The molecule has 3 heterocycles. The summed E-state index contributed by atoms with van der Waals surface area (Å²) in [4.78, 5) is 4.39. The van der Waals surface area contributed by atoms with Gasteiger partial charge in [0.2, 0.25) is 0 Å². The maximum Gasteiger partial charge on any atom is 0.307 e. The molecule has 0 spiro atoms. The normalized spacial score (nSPS) is 11.2. The third-order valence-corrected chi connectivity index (χ3v) is 5.42. The summed E-state index contributed by atoms with van der Waals surface area (Å²) in [6.45, 7) is 0.704. The van der Waals surface area contributed by atoms with Gasteiger partial charge in [0.25, 0.3) is 0 Å². The van der Waals surface area contributed by atoms with E-state index < -0.39 is 0 Å². The van der Waals surface area contributed by atoms with Crippen molar-refractivity contribution < 1.29 is 4.57 Å². The van der Waals surface area contributed by atoms with E-state index in [-0.39, 0.29) is 0 Å². The lowest BCUT2D eigenvalue weighted by molar-refractivity contribution is -0.618. The summed E-state index contributed by atoms with van der Waals surface area (Å²) >= 11 is 0. The van der Waals surface area contributed by atoms with Gasteiger partial charge < -0.3 is 5.32 Å². The first kappa shape index (κ1) is 17.2. The van der Waals surface area contributed by atoms with Crippen LogP contribution in [0.1, 0.15) is 11.3 Å². The van der Waals surface area contributed by atoms with Crippen molar-refractivity contribution in [1.29, 1.82) is 5.26 Å². The van der Waals surface area contributed by atoms with E-state index in [0.29, 0.717) is 12.1 Å². The average molecular weight is 378 g/mol. The Kier molecular flexibility index (Phi) is 4.10. The van der Waals surface area contributed by atoms with Gasteiger partial charge in [0.15, 0.2) is 16.6 Å². The average Bonchev–Trinajstić information content (AvgIpc) is 3.07. The monoisotopic (exact) mass is 378 g/mol. The van der Waals surface area contributed by atoms with E-state index in [1.54, 1.807) is 0 Å². The first-order chi connectivity index (χ1) is 14.3. The number of hydrogen-bond acceptors (Lipinski definition) is 3. The predicted molar refractivity (Wildman–Crippen MR) is 115 cm³/mol. The molecule has 0 bridgehead atoms. The zero-order valence-electron chi connectivity index (χ0n) is 16.1. The number of imidazole rings is 1. The number of benzene rings is 2. The molecule has 1 N–H and O–H groups in total. The van der Waals surface area contributed by atoms with Crippen LogP contribution in [-0.4, -0.2) is 15.9 Å². The van der Waals surface area contributed by atoms with E-state index in [4.69, 9.17) is 0 Å². The molecule has 0 aliphatic carbocycles. The van der Waals surface area contributed by atoms with Gasteiger partial charge in [-0.15, -0.1) is 0 Å². The van der Waals surface area contributed by atoms with Crippen molar-refractivity contribution in [3.05, 3.63) is 84.2 Å². The maximum atomic E-state index is 10.1. The summed E-state index contributed by atoms with van der Waals surface area (Å²) in [6.07, 6.45) is 2.60. The van der Waals surface area contributed by atoms with Crippen LogP contribution in [0.5, 0.6) is 0 Å². The first-order valence-corrected chi connectivity index (χ1v) is 9.67. The molecule has 5 nitrogen and oxygen atoms in total. The van der Waals surface area contributed by atoms with Crippen LogP contribution in [0, 0.1) is 11.3 Å². The van der Waals surface area contributed by atoms with Crippen LogP contribution in [-0.2, 0) is 13.5 Å². The molecule has 3 aromatic heterocycles. The standard InChI is InChI=1S/C24H19N5/c1-28-21-11-4-5-12-22(21)29-20-10-3-2-9-18(20)23(19(16-25)24(28)29)27-15-13-17-8-6-7-14-26-17/h2-12,14H,13,15H2,1H3/p+1. The molecule has 0 radical (unpaired) electrons.